The van der Waals surface area contributed by atoms with Crippen molar-refractivity contribution in [2.45, 2.75) is 20.4 Å². The molecular formula is C18H17BrN4O3. The van der Waals surface area contributed by atoms with Gasteiger partial charge in [-0.2, -0.15) is 0 Å². The van der Waals surface area contributed by atoms with Crippen LogP contribution < -0.4 is 16.4 Å². The van der Waals surface area contributed by atoms with E-state index in [-0.39, 0.29) is 22.8 Å². The number of hydrogen-bond donors (Lipinski definition) is 3. The van der Waals surface area contributed by atoms with E-state index < -0.39 is 5.91 Å². The number of aryl methyl sites for hydroxylation is 1. The quantitative estimate of drug-likeness (QED) is 0.568. The zero-order valence-corrected chi connectivity index (χ0v) is 15.8. The Hall–Kier alpha value is -2.87. The summed E-state index contributed by atoms with van der Waals surface area (Å²) in [6.45, 7) is 4.01. The van der Waals surface area contributed by atoms with Gasteiger partial charge in [0.25, 0.3) is 11.5 Å². The van der Waals surface area contributed by atoms with Gasteiger partial charge in [-0.3, -0.25) is 25.0 Å². The summed E-state index contributed by atoms with van der Waals surface area (Å²) < 4.78 is 1.85. The molecule has 0 atom stereocenters. The van der Waals surface area contributed by atoms with Crippen LogP contribution in [0.4, 0.5) is 5.95 Å². The molecule has 0 aliphatic heterocycles. The number of phenols is 1. The number of hydrazine groups is 1. The molecule has 1 amide bonds. The SMILES string of the molecule is CCn1c(NNC(=O)c2cc(C)cc(Br)c2O)nc2ccccc2c1=O. The van der Waals surface area contributed by atoms with Crippen molar-refractivity contribution in [1.82, 2.24) is 15.0 Å². The number of aromatic hydroxyl groups is 1. The Morgan fingerprint density at radius 3 is 2.77 bits per heavy atom. The minimum absolute atomic E-state index is 0.107. The molecule has 1 aromatic heterocycles. The largest absolute Gasteiger partial charge is 0.506 e. The average molecular weight is 417 g/mol. The minimum Gasteiger partial charge on any atom is -0.506 e. The summed E-state index contributed by atoms with van der Waals surface area (Å²) in [6, 6.07) is 10.3. The predicted octanol–water partition coefficient (Wildman–Crippen LogP) is 2.95. The molecule has 0 aliphatic carbocycles. The van der Waals surface area contributed by atoms with Gasteiger partial charge in [0.05, 0.1) is 20.9 Å². The first-order valence-corrected chi connectivity index (χ1v) is 8.76. The first-order valence-electron chi connectivity index (χ1n) is 7.97. The van der Waals surface area contributed by atoms with Crippen LogP contribution in [0.5, 0.6) is 5.75 Å². The molecule has 0 aliphatic rings. The van der Waals surface area contributed by atoms with Crippen molar-refractivity contribution in [3.63, 3.8) is 0 Å². The number of para-hydroxylation sites is 1. The molecule has 0 fully saturated rings. The molecule has 7 nitrogen and oxygen atoms in total. The van der Waals surface area contributed by atoms with Crippen LogP contribution in [0.2, 0.25) is 0 Å². The first kappa shape index (κ1) is 17.9. The van der Waals surface area contributed by atoms with E-state index in [0.29, 0.717) is 21.9 Å². The van der Waals surface area contributed by atoms with E-state index in [1.54, 1.807) is 36.4 Å². The number of carbonyl (C=O) groups is 1. The fourth-order valence-corrected chi connectivity index (χ4v) is 3.22. The summed E-state index contributed by atoms with van der Waals surface area (Å²) in [5.74, 6) is -0.484. The highest BCUT2D eigenvalue weighted by molar-refractivity contribution is 9.10. The highest BCUT2D eigenvalue weighted by Crippen LogP contribution is 2.29. The zero-order chi connectivity index (χ0) is 18.8. The number of nitrogens with one attached hydrogen (secondary N) is 2. The summed E-state index contributed by atoms with van der Waals surface area (Å²) in [4.78, 5) is 29.4. The van der Waals surface area contributed by atoms with Gasteiger partial charge in [-0.25, -0.2) is 4.98 Å². The normalized spacial score (nSPS) is 10.7. The van der Waals surface area contributed by atoms with Gasteiger partial charge in [-0.05, 0) is 59.6 Å². The van der Waals surface area contributed by atoms with Gasteiger partial charge in [-0.15, -0.1) is 0 Å². The Bertz CT molecular complexity index is 1060. The number of carbonyl (C=O) groups excluding carboxylic acids is 1. The maximum Gasteiger partial charge on any atom is 0.273 e. The minimum atomic E-state index is -0.544. The van der Waals surface area contributed by atoms with Gasteiger partial charge in [0.15, 0.2) is 0 Å². The van der Waals surface area contributed by atoms with E-state index in [1.165, 1.54) is 4.57 Å². The molecule has 0 bridgehead atoms. The number of phenolic OH excluding ortho intramolecular Hbond substituents is 1. The number of nitrogens with zero attached hydrogens (tertiary/aromatic N) is 2. The molecule has 0 saturated heterocycles. The van der Waals surface area contributed by atoms with Gasteiger partial charge in [0, 0.05) is 6.54 Å². The number of hydrogen-bond acceptors (Lipinski definition) is 5. The second-order valence-corrected chi connectivity index (χ2v) is 6.58. The molecule has 8 heteroatoms. The van der Waals surface area contributed by atoms with E-state index >= 15 is 0 Å². The lowest BCUT2D eigenvalue weighted by molar-refractivity contribution is 0.0959. The molecule has 134 valence electrons. The molecule has 0 radical (unpaired) electrons. The van der Waals surface area contributed by atoms with Gasteiger partial charge < -0.3 is 5.11 Å². The fourth-order valence-electron chi connectivity index (χ4n) is 2.64. The van der Waals surface area contributed by atoms with Crippen LogP contribution in [0.25, 0.3) is 10.9 Å². The Morgan fingerprint density at radius 2 is 2.04 bits per heavy atom. The van der Waals surface area contributed by atoms with E-state index in [4.69, 9.17) is 0 Å². The predicted molar refractivity (Wildman–Crippen MR) is 103 cm³/mol. The second kappa shape index (κ2) is 7.17. The van der Waals surface area contributed by atoms with Crippen LogP contribution in [0, 0.1) is 6.92 Å². The number of halogens is 1. The van der Waals surface area contributed by atoms with Crippen LogP contribution in [0.1, 0.15) is 22.8 Å². The maximum absolute atomic E-state index is 12.6. The molecule has 26 heavy (non-hydrogen) atoms. The van der Waals surface area contributed by atoms with Crippen molar-refractivity contribution in [1.29, 1.82) is 0 Å². The van der Waals surface area contributed by atoms with Gasteiger partial charge in [-0.1, -0.05) is 12.1 Å². The van der Waals surface area contributed by atoms with Crippen molar-refractivity contribution < 1.29 is 9.90 Å². The Morgan fingerprint density at radius 1 is 1.31 bits per heavy atom. The zero-order valence-electron chi connectivity index (χ0n) is 14.2. The van der Waals surface area contributed by atoms with Gasteiger partial charge in [0.2, 0.25) is 5.95 Å². The Labute approximate surface area is 157 Å². The van der Waals surface area contributed by atoms with Crippen LogP contribution in [0.15, 0.2) is 45.7 Å². The molecule has 1 heterocycles. The molecule has 0 spiro atoms. The first-order chi connectivity index (χ1) is 12.4. The third-order valence-electron chi connectivity index (χ3n) is 3.92. The van der Waals surface area contributed by atoms with Crippen molar-refractivity contribution >= 4 is 38.7 Å². The third kappa shape index (κ3) is 3.28. The van der Waals surface area contributed by atoms with Crippen LogP contribution in [0.3, 0.4) is 0 Å². The monoisotopic (exact) mass is 416 g/mol. The number of benzene rings is 2. The molecular weight excluding hydrogens is 400 g/mol. The second-order valence-electron chi connectivity index (χ2n) is 5.72. The number of amides is 1. The summed E-state index contributed by atoms with van der Waals surface area (Å²) in [5.41, 5.74) is 6.42. The summed E-state index contributed by atoms with van der Waals surface area (Å²) >= 11 is 3.21. The van der Waals surface area contributed by atoms with E-state index in [1.807, 2.05) is 13.8 Å². The van der Waals surface area contributed by atoms with E-state index in [0.717, 1.165) is 5.56 Å². The van der Waals surface area contributed by atoms with Gasteiger partial charge >= 0.3 is 0 Å². The van der Waals surface area contributed by atoms with Crippen molar-refractivity contribution in [2.75, 3.05) is 5.43 Å². The third-order valence-corrected chi connectivity index (χ3v) is 4.52. The van der Waals surface area contributed by atoms with Crippen LogP contribution in [-0.4, -0.2) is 20.6 Å². The molecule has 3 rings (SSSR count). The maximum atomic E-state index is 12.6. The standard InChI is InChI=1S/C18H17BrN4O3/c1-3-23-17(26)11-6-4-5-7-14(11)20-18(23)22-21-16(25)12-8-10(2)9-13(19)15(12)24/h4-9,24H,3H2,1-2H3,(H,20,22)(H,21,25). The van der Waals surface area contributed by atoms with Crippen LogP contribution >= 0.6 is 15.9 Å². The van der Waals surface area contributed by atoms with Gasteiger partial charge in [0.1, 0.15) is 5.75 Å². The van der Waals surface area contributed by atoms with Crippen LogP contribution in [-0.2, 0) is 6.54 Å². The van der Waals surface area contributed by atoms with Crippen molar-refractivity contribution in [2.24, 2.45) is 0 Å². The fraction of sp³-hybridized carbons (Fsp3) is 0.167. The smallest absolute Gasteiger partial charge is 0.273 e. The lowest BCUT2D eigenvalue weighted by Gasteiger charge is -2.14. The summed E-state index contributed by atoms with van der Waals surface area (Å²) in [5, 5.41) is 10.6. The molecule has 3 aromatic rings. The lowest BCUT2D eigenvalue weighted by atomic mass is 10.1. The lowest BCUT2D eigenvalue weighted by Crippen LogP contribution is -2.34. The summed E-state index contributed by atoms with van der Waals surface area (Å²) in [6.07, 6.45) is 0. The highest BCUT2D eigenvalue weighted by Gasteiger charge is 2.16. The topological polar surface area (TPSA) is 96.2 Å². The molecule has 0 unspecified atom stereocenters. The van der Waals surface area contributed by atoms with Crippen molar-refractivity contribution in [3.8, 4) is 5.75 Å². The Kier molecular flexibility index (Phi) is 4.94. The molecule has 0 saturated carbocycles. The number of anilines is 1. The Balaban J connectivity index is 1.93. The molecule has 2 aromatic carbocycles. The summed E-state index contributed by atoms with van der Waals surface area (Å²) in [7, 11) is 0. The van der Waals surface area contributed by atoms with E-state index in [2.05, 4.69) is 31.8 Å². The number of rotatable bonds is 4. The number of fused-ring (bicyclic) bond motifs is 1. The highest BCUT2D eigenvalue weighted by atomic mass is 79.9. The average Bonchev–Trinajstić information content (AvgIpc) is 2.63. The van der Waals surface area contributed by atoms with Crippen molar-refractivity contribution in [3.05, 3.63) is 62.4 Å². The van der Waals surface area contributed by atoms with E-state index in [9.17, 15) is 14.7 Å². The number of aromatic nitrogens is 2. The molecule has 3 N–H and O–H groups in total.